The van der Waals surface area contributed by atoms with Crippen LogP contribution in [-0.4, -0.2) is 39.5 Å². The number of alkyl carbamates (subject to hydrolysis) is 1. The van der Waals surface area contributed by atoms with Crippen LogP contribution < -0.4 is 16.0 Å². The Kier molecular flexibility index (Phi) is 10.0. The fourth-order valence-corrected chi connectivity index (χ4v) is 1.98. The molecule has 1 aromatic carbocycles. The largest absolute Gasteiger partial charge is 0.453 e. The van der Waals surface area contributed by atoms with Crippen molar-refractivity contribution in [1.29, 1.82) is 5.26 Å². The molecule has 25 heavy (non-hydrogen) atoms. The quantitative estimate of drug-likeness (QED) is 0.571. The van der Waals surface area contributed by atoms with E-state index in [-0.39, 0.29) is 5.96 Å². The lowest BCUT2D eigenvalue weighted by Gasteiger charge is -2.17. The predicted octanol–water partition coefficient (Wildman–Crippen LogP) is 3.41. The van der Waals surface area contributed by atoms with Gasteiger partial charge in [0.05, 0.1) is 24.0 Å². The van der Waals surface area contributed by atoms with Crippen LogP contribution in [0, 0.1) is 18.3 Å². The van der Waals surface area contributed by atoms with Crippen molar-refractivity contribution in [2.45, 2.75) is 27.7 Å². The molecule has 0 saturated heterocycles. The van der Waals surface area contributed by atoms with Gasteiger partial charge in [-0.15, -0.1) is 0 Å². The lowest BCUT2D eigenvalue weighted by molar-refractivity contribution is 0.177. The third-order valence-electron chi connectivity index (χ3n) is 3.06. The van der Waals surface area contributed by atoms with E-state index < -0.39 is 6.09 Å². The summed E-state index contributed by atoms with van der Waals surface area (Å²) in [6.07, 6.45) is -0.642. The number of hydrogen-bond acceptors (Lipinski definition) is 6. The fraction of sp³-hybridized carbons (Fsp3) is 0.412. The highest BCUT2D eigenvalue weighted by molar-refractivity contribution is 6.03. The van der Waals surface area contributed by atoms with Crippen molar-refractivity contribution >= 4 is 35.8 Å². The summed E-state index contributed by atoms with van der Waals surface area (Å²) in [5.74, 6) is 0.221. The van der Waals surface area contributed by atoms with Gasteiger partial charge < -0.3 is 15.4 Å². The van der Waals surface area contributed by atoms with Gasteiger partial charge in [0.15, 0.2) is 0 Å². The molecule has 0 unspecified atom stereocenters. The van der Waals surface area contributed by atoms with E-state index in [9.17, 15) is 10.1 Å². The molecule has 0 atom stereocenters. The maximum absolute atomic E-state index is 11.4. The van der Waals surface area contributed by atoms with Gasteiger partial charge in [0.25, 0.3) is 0 Å². The van der Waals surface area contributed by atoms with Gasteiger partial charge in [0.2, 0.25) is 5.96 Å². The number of guanidine groups is 1. The maximum atomic E-state index is 11.4. The van der Waals surface area contributed by atoms with Gasteiger partial charge in [-0.2, -0.15) is 5.26 Å². The van der Waals surface area contributed by atoms with Gasteiger partial charge in [-0.3, -0.25) is 15.3 Å². The Bertz CT molecular complexity index is 677. The molecule has 3 N–H and O–H groups in total. The summed E-state index contributed by atoms with van der Waals surface area (Å²) in [4.78, 5) is 19.5. The van der Waals surface area contributed by atoms with Crippen LogP contribution in [0.1, 0.15) is 31.9 Å². The van der Waals surface area contributed by atoms with Crippen molar-refractivity contribution in [3.63, 3.8) is 0 Å². The van der Waals surface area contributed by atoms with Crippen LogP contribution in [0.2, 0.25) is 0 Å². The van der Waals surface area contributed by atoms with Gasteiger partial charge in [-0.25, -0.2) is 4.79 Å². The van der Waals surface area contributed by atoms with Crippen molar-refractivity contribution < 1.29 is 9.53 Å². The summed E-state index contributed by atoms with van der Waals surface area (Å²) in [5, 5.41) is 17.7. The summed E-state index contributed by atoms with van der Waals surface area (Å²) >= 11 is 0. The molecule has 0 aromatic heterocycles. The average molecular weight is 346 g/mol. The zero-order valence-electron chi connectivity index (χ0n) is 15.6. The van der Waals surface area contributed by atoms with E-state index in [1.807, 2.05) is 27.7 Å². The molecular weight excluding hydrogens is 320 g/mol. The summed E-state index contributed by atoms with van der Waals surface area (Å²) in [6, 6.07) is 3.76. The molecule has 0 bridgehead atoms. The molecule has 0 heterocycles. The number of rotatable bonds is 4. The SMILES string of the molecule is C=Nc1c(C)c(NC(=NCC)NC(=O)OC)cc(C#N)c1NC.CC. The van der Waals surface area contributed by atoms with Gasteiger partial charge >= 0.3 is 6.09 Å². The zero-order valence-corrected chi connectivity index (χ0v) is 15.6. The molecule has 0 fully saturated rings. The number of nitrogens with zero attached hydrogens (tertiary/aromatic N) is 3. The Morgan fingerprint density at radius 1 is 1.44 bits per heavy atom. The minimum absolute atomic E-state index is 0.221. The van der Waals surface area contributed by atoms with Crippen LogP contribution in [0.3, 0.4) is 0 Å². The smallest absolute Gasteiger partial charge is 0.413 e. The number of nitrogens with one attached hydrogen (secondary N) is 3. The van der Waals surface area contributed by atoms with E-state index in [1.54, 1.807) is 13.1 Å². The van der Waals surface area contributed by atoms with Crippen LogP contribution in [-0.2, 0) is 4.74 Å². The molecule has 0 aliphatic heterocycles. The highest BCUT2D eigenvalue weighted by Crippen LogP contribution is 2.36. The van der Waals surface area contributed by atoms with Crippen LogP contribution >= 0.6 is 0 Å². The van der Waals surface area contributed by atoms with E-state index in [1.165, 1.54) is 7.11 Å². The molecule has 1 aromatic rings. The standard InChI is InChI=1S/C15H20N6O2.C2H6/c1-6-19-14(21-15(22)23-5)20-11-7-10(8-16)13(18-4)12(17-3)9(11)2;1-2/h7,18H,3,6H2,1-2,4-5H3,(H2,19,20,21,22);1-2H3. The number of benzene rings is 1. The lowest BCUT2D eigenvalue weighted by Crippen LogP contribution is -2.36. The highest BCUT2D eigenvalue weighted by atomic mass is 16.5. The van der Waals surface area contributed by atoms with Gasteiger partial charge in [0, 0.05) is 24.8 Å². The Morgan fingerprint density at radius 2 is 2.08 bits per heavy atom. The third kappa shape index (κ3) is 5.80. The predicted molar refractivity (Wildman–Crippen MR) is 103 cm³/mol. The first-order valence-corrected chi connectivity index (χ1v) is 7.90. The number of anilines is 2. The number of methoxy groups -OCH3 is 1. The number of amides is 1. The second kappa shape index (κ2) is 11.5. The molecule has 0 spiro atoms. The third-order valence-corrected chi connectivity index (χ3v) is 3.06. The van der Waals surface area contributed by atoms with E-state index in [2.05, 4.69) is 43.5 Å². The van der Waals surface area contributed by atoms with Crippen LogP contribution in [0.15, 0.2) is 16.1 Å². The molecule has 136 valence electrons. The number of carbonyl (C=O) groups is 1. The summed E-state index contributed by atoms with van der Waals surface area (Å²) < 4.78 is 4.56. The number of hydrogen-bond donors (Lipinski definition) is 3. The van der Waals surface area contributed by atoms with Gasteiger partial charge in [-0.05, 0) is 26.6 Å². The first-order chi connectivity index (χ1) is 12.0. The Morgan fingerprint density at radius 3 is 2.52 bits per heavy atom. The Hall–Kier alpha value is -3.08. The number of ether oxygens (including phenoxy) is 1. The van der Waals surface area contributed by atoms with E-state index in [4.69, 9.17) is 0 Å². The lowest BCUT2D eigenvalue weighted by atomic mass is 10.0. The van der Waals surface area contributed by atoms with E-state index >= 15 is 0 Å². The van der Waals surface area contributed by atoms with Gasteiger partial charge in [0.1, 0.15) is 6.07 Å². The van der Waals surface area contributed by atoms with Gasteiger partial charge in [-0.1, -0.05) is 13.8 Å². The first kappa shape index (κ1) is 21.9. The van der Waals surface area contributed by atoms with Crippen molar-refractivity contribution in [2.75, 3.05) is 31.3 Å². The Balaban J connectivity index is 0.00000277. The maximum Gasteiger partial charge on any atom is 0.413 e. The topological polar surface area (TPSA) is 111 Å². The van der Waals surface area contributed by atoms with Crippen LogP contribution in [0.25, 0.3) is 0 Å². The van der Waals surface area contributed by atoms with Crippen LogP contribution in [0.5, 0.6) is 0 Å². The molecule has 0 aliphatic carbocycles. The molecular formula is C17H26N6O2. The minimum atomic E-state index is -0.642. The highest BCUT2D eigenvalue weighted by Gasteiger charge is 2.15. The molecule has 8 heteroatoms. The van der Waals surface area contributed by atoms with Crippen molar-refractivity contribution in [3.05, 3.63) is 17.2 Å². The molecule has 0 radical (unpaired) electrons. The minimum Gasteiger partial charge on any atom is -0.453 e. The molecule has 0 aliphatic rings. The van der Waals surface area contributed by atoms with Crippen LogP contribution in [0.4, 0.5) is 21.9 Å². The number of aliphatic imine (C=N–C) groups is 2. The number of nitriles is 1. The average Bonchev–Trinajstić information content (AvgIpc) is 2.64. The second-order valence-electron chi connectivity index (χ2n) is 4.40. The van der Waals surface area contributed by atoms with Crippen molar-refractivity contribution in [3.8, 4) is 6.07 Å². The molecule has 1 amide bonds. The normalized spacial score (nSPS) is 9.88. The molecule has 0 saturated carbocycles. The first-order valence-electron chi connectivity index (χ1n) is 7.90. The fourth-order valence-electron chi connectivity index (χ4n) is 1.98. The van der Waals surface area contributed by atoms with Crippen molar-refractivity contribution in [1.82, 2.24) is 5.32 Å². The summed E-state index contributed by atoms with van der Waals surface area (Å²) in [7, 11) is 2.97. The number of carbonyl (C=O) groups excluding carboxylic acids is 1. The summed E-state index contributed by atoms with van der Waals surface area (Å²) in [6.45, 7) is 11.7. The molecule has 8 nitrogen and oxygen atoms in total. The molecule has 1 rings (SSSR count). The second-order valence-corrected chi connectivity index (χ2v) is 4.40. The zero-order chi connectivity index (χ0) is 19.4. The summed E-state index contributed by atoms with van der Waals surface area (Å²) in [5.41, 5.74) is 2.91. The van der Waals surface area contributed by atoms with E-state index in [0.717, 1.165) is 5.56 Å². The Labute approximate surface area is 149 Å². The van der Waals surface area contributed by atoms with E-state index in [0.29, 0.717) is 29.2 Å². The van der Waals surface area contributed by atoms with Crippen molar-refractivity contribution in [2.24, 2.45) is 9.98 Å². The monoisotopic (exact) mass is 346 g/mol.